The lowest BCUT2D eigenvalue weighted by Crippen LogP contribution is -2.69. The number of likely N-dealkylation sites (tertiary alicyclic amines) is 1. The van der Waals surface area contributed by atoms with Crippen LogP contribution in [0.3, 0.4) is 0 Å². The number of aromatic nitrogens is 4. The molecule has 4 aliphatic rings. The molecule has 0 aliphatic carbocycles. The maximum Gasteiger partial charge on any atom is 0.245 e. The zero-order chi connectivity index (χ0) is 27.1. The number of carbonyl (C=O) groups excluding carboxylic acids is 1. The molecule has 4 fully saturated rings. The number of ether oxygens (including phenoxy) is 1. The van der Waals surface area contributed by atoms with Crippen molar-refractivity contribution in [1.82, 2.24) is 29.8 Å². The first-order valence-electron chi connectivity index (χ1n) is 14.4. The summed E-state index contributed by atoms with van der Waals surface area (Å²) in [5, 5.41) is 9.33. The fourth-order valence-electron chi connectivity index (χ4n) is 7.21. The van der Waals surface area contributed by atoms with Crippen LogP contribution in [-0.4, -0.2) is 68.3 Å². The Balaban J connectivity index is 1.18. The first-order chi connectivity index (χ1) is 18.8. The third-order valence-electron chi connectivity index (χ3n) is 9.62. The smallest absolute Gasteiger partial charge is 0.245 e. The lowest BCUT2D eigenvalue weighted by atomic mass is 9.83. The molecule has 2 atom stereocenters. The summed E-state index contributed by atoms with van der Waals surface area (Å²) >= 11 is 1.91. The van der Waals surface area contributed by atoms with Crippen LogP contribution in [0.25, 0.3) is 27.1 Å². The highest BCUT2D eigenvalue weighted by Gasteiger charge is 2.49. The fourth-order valence-corrected chi connectivity index (χ4v) is 8.60. The van der Waals surface area contributed by atoms with Crippen LogP contribution in [0.2, 0.25) is 0 Å². The van der Waals surface area contributed by atoms with E-state index in [0.29, 0.717) is 18.4 Å². The van der Waals surface area contributed by atoms with E-state index in [-0.39, 0.29) is 12.0 Å². The molecule has 4 aliphatic heterocycles. The molecule has 4 aromatic heterocycles. The Bertz CT molecular complexity index is 1570. The van der Waals surface area contributed by atoms with E-state index in [4.69, 9.17) is 4.74 Å². The van der Waals surface area contributed by atoms with Crippen molar-refractivity contribution in [3.05, 3.63) is 39.7 Å². The Kier molecular flexibility index (Phi) is 5.92. The number of rotatable bonds is 4. The van der Waals surface area contributed by atoms with Gasteiger partial charge in [-0.25, -0.2) is 9.50 Å². The van der Waals surface area contributed by atoms with Crippen LogP contribution >= 0.6 is 11.3 Å². The first kappa shape index (κ1) is 25.2. The molecule has 0 aromatic carbocycles. The van der Waals surface area contributed by atoms with Crippen LogP contribution in [0.1, 0.15) is 78.5 Å². The summed E-state index contributed by atoms with van der Waals surface area (Å²) in [5.74, 6) is 1.11. The lowest BCUT2D eigenvalue weighted by molar-refractivity contribution is -0.156. The van der Waals surface area contributed by atoms with Gasteiger partial charge in [0.05, 0.1) is 18.4 Å². The van der Waals surface area contributed by atoms with E-state index in [1.165, 1.54) is 48.6 Å². The van der Waals surface area contributed by atoms with E-state index in [0.717, 1.165) is 51.0 Å². The fraction of sp³-hybridized carbons (Fsp3) is 0.567. The van der Waals surface area contributed by atoms with Gasteiger partial charge in [0.15, 0.2) is 5.65 Å². The van der Waals surface area contributed by atoms with Crippen LogP contribution in [-0.2, 0) is 9.53 Å². The zero-order valence-electron chi connectivity index (χ0n) is 23.6. The summed E-state index contributed by atoms with van der Waals surface area (Å²) in [6, 6.07) is 0. The van der Waals surface area contributed by atoms with Crippen molar-refractivity contribution in [2.75, 3.05) is 26.2 Å². The van der Waals surface area contributed by atoms with E-state index in [1.54, 1.807) is 6.33 Å². The van der Waals surface area contributed by atoms with Gasteiger partial charge in [0.2, 0.25) is 5.91 Å². The third-order valence-corrected chi connectivity index (χ3v) is 11.0. The van der Waals surface area contributed by atoms with E-state index >= 15 is 0 Å². The van der Waals surface area contributed by atoms with Crippen molar-refractivity contribution in [2.24, 2.45) is 0 Å². The summed E-state index contributed by atoms with van der Waals surface area (Å²) in [7, 11) is 0. The summed E-state index contributed by atoms with van der Waals surface area (Å²) in [4.78, 5) is 26.6. The predicted molar refractivity (Wildman–Crippen MR) is 155 cm³/mol. The van der Waals surface area contributed by atoms with Crippen molar-refractivity contribution in [1.29, 1.82) is 0 Å². The SMILES string of the molecule is Cc1c(-c2[nH]c3sc(C4CCN(C(=O)C56CCC(CN5)OC6)CC4)c(C)c3c2C(C)C)cn2ncnc2c1C. The number of aromatic amines is 1. The summed E-state index contributed by atoms with van der Waals surface area (Å²) in [6.07, 6.45) is 7.94. The molecular formula is C30H38N6O2S. The number of piperidine rings is 2. The minimum Gasteiger partial charge on any atom is -0.374 e. The van der Waals surface area contributed by atoms with Gasteiger partial charge in [-0.1, -0.05) is 13.8 Å². The summed E-state index contributed by atoms with van der Waals surface area (Å²) in [6.45, 7) is 14.2. The molecule has 4 aromatic rings. The summed E-state index contributed by atoms with van der Waals surface area (Å²) < 4.78 is 7.80. The number of carbonyl (C=O) groups is 1. The monoisotopic (exact) mass is 546 g/mol. The number of nitrogens with one attached hydrogen (secondary N) is 2. The average Bonchev–Trinajstić information content (AvgIpc) is 3.66. The molecule has 8 rings (SSSR count). The number of amides is 1. The number of pyridine rings is 1. The highest BCUT2D eigenvalue weighted by Crippen LogP contribution is 2.46. The van der Waals surface area contributed by atoms with Crippen LogP contribution in [0.4, 0.5) is 0 Å². The first-order valence-corrected chi connectivity index (χ1v) is 15.2. The molecule has 2 bridgehead atoms. The Morgan fingerprint density at radius 3 is 2.62 bits per heavy atom. The average molecular weight is 547 g/mol. The van der Waals surface area contributed by atoms with Crippen molar-refractivity contribution in [3.8, 4) is 11.3 Å². The van der Waals surface area contributed by atoms with Crippen molar-refractivity contribution in [2.45, 2.75) is 83.8 Å². The minimum atomic E-state index is -0.495. The Morgan fingerprint density at radius 1 is 1.15 bits per heavy atom. The number of fused-ring (bicyclic) bond motifs is 5. The molecule has 2 N–H and O–H groups in total. The van der Waals surface area contributed by atoms with E-state index in [1.807, 2.05) is 15.9 Å². The molecule has 4 saturated heterocycles. The van der Waals surface area contributed by atoms with Gasteiger partial charge in [-0.05, 0) is 80.5 Å². The normalized spacial score (nSPS) is 24.1. The van der Waals surface area contributed by atoms with E-state index < -0.39 is 5.54 Å². The number of nitrogens with zero attached hydrogens (tertiary/aromatic N) is 4. The summed E-state index contributed by atoms with van der Waals surface area (Å²) in [5.41, 5.74) is 8.02. The van der Waals surface area contributed by atoms with Crippen LogP contribution in [0.5, 0.6) is 0 Å². The van der Waals surface area contributed by atoms with Gasteiger partial charge in [-0.15, -0.1) is 11.3 Å². The van der Waals surface area contributed by atoms with Gasteiger partial charge < -0.3 is 14.6 Å². The van der Waals surface area contributed by atoms with Crippen LogP contribution < -0.4 is 5.32 Å². The second-order valence-corrected chi connectivity index (χ2v) is 13.2. The highest BCUT2D eigenvalue weighted by molar-refractivity contribution is 7.19. The van der Waals surface area contributed by atoms with Crippen LogP contribution in [0, 0.1) is 20.8 Å². The van der Waals surface area contributed by atoms with Gasteiger partial charge in [0.25, 0.3) is 0 Å². The van der Waals surface area contributed by atoms with Crippen molar-refractivity contribution >= 4 is 33.1 Å². The predicted octanol–water partition coefficient (Wildman–Crippen LogP) is 5.21. The molecule has 0 radical (unpaired) electrons. The Morgan fingerprint density at radius 2 is 1.95 bits per heavy atom. The Labute approximate surface area is 233 Å². The van der Waals surface area contributed by atoms with E-state index in [2.05, 4.69) is 66.1 Å². The molecule has 0 saturated carbocycles. The Hall–Kier alpha value is -2.75. The van der Waals surface area contributed by atoms with Gasteiger partial charge >= 0.3 is 0 Å². The van der Waals surface area contributed by atoms with Crippen molar-refractivity contribution < 1.29 is 9.53 Å². The van der Waals surface area contributed by atoms with Crippen LogP contribution in [0.15, 0.2) is 12.5 Å². The van der Waals surface area contributed by atoms with Gasteiger partial charge in [-0.3, -0.25) is 10.1 Å². The number of hydrogen-bond donors (Lipinski definition) is 2. The zero-order valence-corrected chi connectivity index (χ0v) is 24.4. The minimum absolute atomic E-state index is 0.246. The standard InChI is InChI=1S/C30H38N6O2S/c1-16(2)23-24-19(5)26(20-7-10-35(11-8-20)29(37)30-9-6-21(12-32-30)38-14-30)39-28(24)34-25(23)22-13-36-27(31-15-33-36)18(4)17(22)3/h13,15-16,20-21,32,34H,6-12,14H2,1-5H3. The molecule has 206 valence electrons. The number of H-pyrrole nitrogens is 1. The van der Waals surface area contributed by atoms with Gasteiger partial charge in [-0.2, -0.15) is 5.10 Å². The molecule has 39 heavy (non-hydrogen) atoms. The number of aryl methyl sites for hydroxylation is 2. The number of hydrogen-bond acceptors (Lipinski definition) is 6. The van der Waals surface area contributed by atoms with Crippen molar-refractivity contribution in [3.63, 3.8) is 0 Å². The second kappa shape index (κ2) is 9.14. The molecule has 8 nitrogen and oxygen atoms in total. The number of morpholine rings is 1. The highest BCUT2D eigenvalue weighted by atomic mass is 32.1. The molecule has 8 heterocycles. The second-order valence-electron chi connectivity index (χ2n) is 12.2. The molecule has 9 heteroatoms. The molecule has 2 unspecified atom stereocenters. The molecular weight excluding hydrogens is 508 g/mol. The largest absolute Gasteiger partial charge is 0.374 e. The van der Waals surface area contributed by atoms with Gasteiger partial charge in [0.1, 0.15) is 16.7 Å². The molecule has 1 amide bonds. The quantitative estimate of drug-likeness (QED) is 0.367. The molecule has 0 spiro atoms. The third kappa shape index (κ3) is 3.80. The maximum absolute atomic E-state index is 13.5. The lowest BCUT2D eigenvalue weighted by Gasteiger charge is -2.48. The van der Waals surface area contributed by atoms with Gasteiger partial charge in [0, 0.05) is 41.7 Å². The topological polar surface area (TPSA) is 87.5 Å². The number of thiophene rings is 1. The van der Waals surface area contributed by atoms with E-state index in [9.17, 15) is 4.79 Å². The maximum atomic E-state index is 13.5.